The lowest BCUT2D eigenvalue weighted by atomic mass is 10.0. The van der Waals surface area contributed by atoms with Crippen LogP contribution < -0.4 is 10.4 Å². The lowest BCUT2D eigenvalue weighted by molar-refractivity contribution is -0.145. The van der Waals surface area contributed by atoms with Crippen molar-refractivity contribution < 1.29 is 18.7 Å². The van der Waals surface area contributed by atoms with E-state index in [4.69, 9.17) is 25.5 Å². The average Bonchev–Trinajstić information content (AvgIpc) is 2.51. The van der Waals surface area contributed by atoms with Gasteiger partial charge in [-0.05, 0) is 31.9 Å². The number of halogens is 1. The van der Waals surface area contributed by atoms with Gasteiger partial charge in [0.2, 0.25) is 0 Å². The highest BCUT2D eigenvalue weighted by Crippen LogP contribution is 2.32. The third kappa shape index (κ3) is 3.85. The number of hydrogen-bond acceptors (Lipinski definition) is 5. The summed E-state index contributed by atoms with van der Waals surface area (Å²) in [6.07, 6.45) is 1.51. The van der Waals surface area contributed by atoms with Crippen LogP contribution in [0.3, 0.4) is 0 Å². The first kappa shape index (κ1) is 17.3. The molecule has 0 unspecified atom stereocenters. The van der Waals surface area contributed by atoms with Crippen molar-refractivity contribution in [3.05, 3.63) is 38.7 Å². The Morgan fingerprint density at radius 2 is 2.04 bits per heavy atom. The number of esters is 1. The van der Waals surface area contributed by atoms with Gasteiger partial charge in [0.15, 0.2) is 6.61 Å². The van der Waals surface area contributed by atoms with E-state index in [1.807, 2.05) is 13.8 Å². The topological polar surface area (TPSA) is 65.7 Å². The van der Waals surface area contributed by atoms with Gasteiger partial charge in [-0.1, -0.05) is 24.9 Å². The molecule has 0 fully saturated rings. The molecule has 2 aromatic rings. The summed E-state index contributed by atoms with van der Waals surface area (Å²) in [6, 6.07) is 3.22. The van der Waals surface area contributed by atoms with Crippen LogP contribution in [-0.2, 0) is 16.0 Å². The molecule has 0 saturated carbocycles. The van der Waals surface area contributed by atoms with E-state index in [9.17, 15) is 9.59 Å². The summed E-state index contributed by atoms with van der Waals surface area (Å²) in [5.74, 6) is -0.211. The minimum Gasteiger partial charge on any atom is -0.480 e. The summed E-state index contributed by atoms with van der Waals surface area (Å²) >= 11 is 6.21. The zero-order valence-electron chi connectivity index (χ0n) is 13.4. The molecule has 0 amide bonds. The second-order valence-corrected chi connectivity index (χ2v) is 5.52. The predicted molar refractivity (Wildman–Crippen MR) is 88.4 cm³/mol. The van der Waals surface area contributed by atoms with E-state index in [0.717, 1.165) is 17.4 Å². The van der Waals surface area contributed by atoms with Crippen molar-refractivity contribution >= 4 is 28.5 Å². The fourth-order valence-corrected chi connectivity index (χ4v) is 2.60. The van der Waals surface area contributed by atoms with E-state index in [1.165, 1.54) is 6.07 Å². The highest BCUT2D eigenvalue weighted by atomic mass is 35.5. The highest BCUT2D eigenvalue weighted by Gasteiger charge is 2.14. The number of hydrogen-bond donors (Lipinski definition) is 0. The van der Waals surface area contributed by atoms with Gasteiger partial charge < -0.3 is 13.9 Å². The molecule has 23 heavy (non-hydrogen) atoms. The molecular weight excluding hydrogens is 320 g/mol. The van der Waals surface area contributed by atoms with Crippen molar-refractivity contribution in [3.63, 3.8) is 0 Å². The molecule has 0 bridgehead atoms. The first-order valence-corrected chi connectivity index (χ1v) is 7.90. The van der Waals surface area contributed by atoms with Crippen molar-refractivity contribution in [2.75, 3.05) is 13.2 Å². The van der Waals surface area contributed by atoms with Gasteiger partial charge in [0.05, 0.1) is 11.6 Å². The van der Waals surface area contributed by atoms with Crippen LogP contribution in [0.2, 0.25) is 5.02 Å². The lowest BCUT2D eigenvalue weighted by Gasteiger charge is -2.11. The molecule has 0 spiro atoms. The molecule has 0 saturated heterocycles. The van der Waals surface area contributed by atoms with Gasteiger partial charge in [-0.15, -0.1) is 0 Å². The number of aryl methyl sites for hydroxylation is 1. The van der Waals surface area contributed by atoms with Crippen LogP contribution in [-0.4, -0.2) is 19.2 Å². The second kappa shape index (κ2) is 7.51. The summed E-state index contributed by atoms with van der Waals surface area (Å²) in [7, 11) is 0. The normalized spacial score (nSPS) is 10.8. The Morgan fingerprint density at radius 1 is 1.30 bits per heavy atom. The summed E-state index contributed by atoms with van der Waals surface area (Å²) in [4.78, 5) is 23.4. The zero-order valence-corrected chi connectivity index (χ0v) is 14.2. The van der Waals surface area contributed by atoms with Crippen LogP contribution in [0.15, 0.2) is 21.3 Å². The third-order valence-corrected chi connectivity index (χ3v) is 3.79. The van der Waals surface area contributed by atoms with Crippen molar-refractivity contribution in [1.29, 1.82) is 0 Å². The predicted octanol–water partition coefficient (Wildman–Crippen LogP) is 3.65. The fraction of sp³-hybridized carbons (Fsp3) is 0.412. The molecule has 1 aromatic heterocycles. The monoisotopic (exact) mass is 338 g/mol. The highest BCUT2D eigenvalue weighted by molar-refractivity contribution is 6.32. The standard InChI is InChI=1S/C17H19ClO5/c1-4-6-11-10(3)12-7-13(18)15(8-14(12)23-17(11)20)22-9-16(19)21-5-2/h7-8H,4-6,9H2,1-3H3. The quantitative estimate of drug-likeness (QED) is 0.594. The Labute approximate surface area is 139 Å². The molecule has 2 rings (SSSR count). The molecule has 5 nitrogen and oxygen atoms in total. The Balaban J connectivity index is 2.40. The van der Waals surface area contributed by atoms with Gasteiger partial charge in [-0.25, -0.2) is 9.59 Å². The molecule has 1 aromatic carbocycles. The van der Waals surface area contributed by atoms with Gasteiger partial charge in [-0.3, -0.25) is 0 Å². The van der Waals surface area contributed by atoms with E-state index in [1.54, 1.807) is 13.0 Å². The molecule has 0 atom stereocenters. The van der Waals surface area contributed by atoms with Crippen molar-refractivity contribution in [3.8, 4) is 5.75 Å². The van der Waals surface area contributed by atoms with Gasteiger partial charge in [-0.2, -0.15) is 0 Å². The van der Waals surface area contributed by atoms with Crippen LogP contribution >= 0.6 is 11.6 Å². The SMILES string of the molecule is CCCc1c(C)c2cc(Cl)c(OCC(=O)OCC)cc2oc1=O. The zero-order chi connectivity index (χ0) is 17.0. The lowest BCUT2D eigenvalue weighted by Crippen LogP contribution is -2.15. The summed E-state index contributed by atoms with van der Waals surface area (Å²) in [5, 5.41) is 1.11. The first-order valence-electron chi connectivity index (χ1n) is 7.52. The van der Waals surface area contributed by atoms with Gasteiger partial charge in [0.1, 0.15) is 11.3 Å². The van der Waals surface area contributed by atoms with Crippen LogP contribution in [0.25, 0.3) is 11.0 Å². The van der Waals surface area contributed by atoms with Crippen molar-refractivity contribution in [1.82, 2.24) is 0 Å². The largest absolute Gasteiger partial charge is 0.480 e. The number of benzene rings is 1. The second-order valence-electron chi connectivity index (χ2n) is 5.12. The molecule has 0 aliphatic carbocycles. The fourth-order valence-electron chi connectivity index (χ4n) is 2.38. The smallest absolute Gasteiger partial charge is 0.344 e. The Hall–Kier alpha value is -2.01. The Kier molecular flexibility index (Phi) is 5.66. The van der Waals surface area contributed by atoms with E-state index in [2.05, 4.69) is 0 Å². The summed E-state index contributed by atoms with van der Waals surface area (Å²) in [6.45, 7) is 5.62. The number of carbonyl (C=O) groups is 1. The summed E-state index contributed by atoms with van der Waals surface area (Å²) in [5.41, 5.74) is 1.55. The molecular formula is C17H19ClO5. The van der Waals surface area contributed by atoms with Gasteiger partial charge in [0.25, 0.3) is 0 Å². The van der Waals surface area contributed by atoms with E-state index in [0.29, 0.717) is 22.6 Å². The minimum atomic E-state index is -0.486. The molecule has 124 valence electrons. The third-order valence-electron chi connectivity index (χ3n) is 3.49. The van der Waals surface area contributed by atoms with Gasteiger partial charge in [0, 0.05) is 17.0 Å². The Morgan fingerprint density at radius 3 is 2.70 bits per heavy atom. The van der Waals surface area contributed by atoms with Gasteiger partial charge >= 0.3 is 11.6 Å². The summed E-state index contributed by atoms with van der Waals surface area (Å²) < 4.78 is 15.5. The molecule has 6 heteroatoms. The van der Waals surface area contributed by atoms with Crippen molar-refractivity contribution in [2.24, 2.45) is 0 Å². The number of carbonyl (C=O) groups excluding carboxylic acids is 1. The Bertz CT molecular complexity index is 779. The maximum absolute atomic E-state index is 12.1. The van der Waals surface area contributed by atoms with Crippen LogP contribution in [0.1, 0.15) is 31.4 Å². The van der Waals surface area contributed by atoms with Crippen LogP contribution in [0, 0.1) is 6.92 Å². The van der Waals surface area contributed by atoms with E-state index in [-0.39, 0.29) is 24.6 Å². The number of fused-ring (bicyclic) bond motifs is 1. The van der Waals surface area contributed by atoms with Crippen molar-refractivity contribution in [2.45, 2.75) is 33.6 Å². The molecule has 0 N–H and O–H groups in total. The number of rotatable bonds is 6. The maximum atomic E-state index is 12.1. The molecule has 0 aliphatic rings. The van der Waals surface area contributed by atoms with E-state index < -0.39 is 5.97 Å². The van der Waals surface area contributed by atoms with E-state index >= 15 is 0 Å². The molecule has 0 aliphatic heterocycles. The number of ether oxygens (including phenoxy) is 2. The van der Waals surface area contributed by atoms with Crippen LogP contribution in [0.5, 0.6) is 5.75 Å². The molecule has 1 heterocycles. The minimum absolute atomic E-state index is 0.254. The average molecular weight is 339 g/mol. The maximum Gasteiger partial charge on any atom is 0.344 e. The van der Waals surface area contributed by atoms with Crippen LogP contribution in [0.4, 0.5) is 0 Å². The molecule has 0 radical (unpaired) electrons. The first-order chi connectivity index (χ1) is 11.0.